The summed E-state index contributed by atoms with van der Waals surface area (Å²) in [6.07, 6.45) is 1.91. The van der Waals surface area contributed by atoms with Crippen molar-refractivity contribution in [3.8, 4) is 0 Å². The van der Waals surface area contributed by atoms with Crippen LogP contribution in [0.4, 0.5) is 0 Å². The molecule has 0 aliphatic heterocycles. The highest BCUT2D eigenvalue weighted by Crippen LogP contribution is 2.21. The van der Waals surface area contributed by atoms with Crippen molar-refractivity contribution in [2.45, 2.75) is 46.6 Å². The molecule has 0 saturated carbocycles. The van der Waals surface area contributed by atoms with Gasteiger partial charge in [-0.2, -0.15) is 5.10 Å². The standard InChI is InChI=1S/C17H26N4/c1-6-14-10-15(21(5)20-14)11-17(18-7-2)16-9-8-12(3)19-13(16)4/h8-10,17-18H,6-7,11H2,1-5H3. The molecule has 0 aromatic carbocycles. The van der Waals surface area contributed by atoms with E-state index in [1.807, 2.05) is 18.7 Å². The molecular weight excluding hydrogens is 260 g/mol. The van der Waals surface area contributed by atoms with Gasteiger partial charge in [0.05, 0.1) is 5.69 Å². The molecule has 4 heteroatoms. The fourth-order valence-electron chi connectivity index (χ4n) is 2.75. The van der Waals surface area contributed by atoms with Crippen molar-refractivity contribution >= 4 is 0 Å². The predicted molar refractivity (Wildman–Crippen MR) is 86.4 cm³/mol. The summed E-state index contributed by atoms with van der Waals surface area (Å²) in [7, 11) is 2.03. The molecule has 0 aliphatic rings. The summed E-state index contributed by atoms with van der Waals surface area (Å²) >= 11 is 0. The van der Waals surface area contributed by atoms with Gasteiger partial charge in [-0.1, -0.05) is 19.9 Å². The molecular formula is C17H26N4. The Hall–Kier alpha value is -1.68. The first-order valence-electron chi connectivity index (χ1n) is 7.74. The SMILES string of the molecule is CCNC(Cc1cc(CC)nn1C)c1ccc(C)nc1C. The van der Waals surface area contributed by atoms with Gasteiger partial charge in [-0.15, -0.1) is 0 Å². The topological polar surface area (TPSA) is 42.7 Å². The summed E-state index contributed by atoms with van der Waals surface area (Å²) in [5.74, 6) is 0. The lowest BCUT2D eigenvalue weighted by atomic mass is 10.00. The summed E-state index contributed by atoms with van der Waals surface area (Å²) in [5.41, 5.74) is 5.88. The van der Waals surface area contributed by atoms with Crippen molar-refractivity contribution in [1.29, 1.82) is 0 Å². The molecule has 0 spiro atoms. The Kier molecular flexibility index (Phi) is 5.12. The third kappa shape index (κ3) is 3.70. The van der Waals surface area contributed by atoms with Crippen LogP contribution in [0.1, 0.15) is 48.2 Å². The zero-order valence-corrected chi connectivity index (χ0v) is 13.8. The molecule has 1 unspecified atom stereocenters. The number of rotatable bonds is 6. The van der Waals surface area contributed by atoms with Crippen molar-refractivity contribution in [1.82, 2.24) is 20.1 Å². The van der Waals surface area contributed by atoms with Crippen LogP contribution in [0.5, 0.6) is 0 Å². The number of hydrogen-bond acceptors (Lipinski definition) is 3. The highest BCUT2D eigenvalue weighted by atomic mass is 15.3. The number of likely N-dealkylation sites (N-methyl/N-ethyl adjacent to an activating group) is 1. The molecule has 21 heavy (non-hydrogen) atoms. The van der Waals surface area contributed by atoms with Crippen LogP contribution in [-0.4, -0.2) is 21.3 Å². The van der Waals surface area contributed by atoms with Gasteiger partial charge in [0, 0.05) is 36.6 Å². The van der Waals surface area contributed by atoms with E-state index >= 15 is 0 Å². The van der Waals surface area contributed by atoms with Gasteiger partial charge in [0.1, 0.15) is 0 Å². The lowest BCUT2D eigenvalue weighted by Crippen LogP contribution is -2.25. The fourth-order valence-corrected chi connectivity index (χ4v) is 2.75. The van der Waals surface area contributed by atoms with Crippen molar-refractivity contribution in [2.75, 3.05) is 6.54 Å². The van der Waals surface area contributed by atoms with E-state index in [0.717, 1.165) is 36.5 Å². The van der Waals surface area contributed by atoms with Crippen molar-refractivity contribution < 1.29 is 0 Å². The van der Waals surface area contributed by atoms with E-state index in [1.165, 1.54) is 11.3 Å². The largest absolute Gasteiger partial charge is 0.310 e. The van der Waals surface area contributed by atoms with E-state index in [0.29, 0.717) is 0 Å². The second-order valence-electron chi connectivity index (χ2n) is 5.55. The first-order chi connectivity index (χ1) is 10.0. The number of hydrogen-bond donors (Lipinski definition) is 1. The van der Waals surface area contributed by atoms with E-state index in [9.17, 15) is 0 Å². The van der Waals surface area contributed by atoms with Gasteiger partial charge in [0.25, 0.3) is 0 Å². The van der Waals surface area contributed by atoms with Gasteiger partial charge >= 0.3 is 0 Å². The molecule has 0 bridgehead atoms. The molecule has 2 rings (SSSR count). The molecule has 0 radical (unpaired) electrons. The van der Waals surface area contributed by atoms with Gasteiger partial charge in [0.2, 0.25) is 0 Å². The third-order valence-electron chi connectivity index (χ3n) is 3.89. The van der Waals surface area contributed by atoms with Crippen LogP contribution in [0.2, 0.25) is 0 Å². The summed E-state index contributed by atoms with van der Waals surface area (Å²) in [5, 5.41) is 8.13. The average molecular weight is 286 g/mol. The summed E-state index contributed by atoms with van der Waals surface area (Å²) in [4.78, 5) is 4.60. The van der Waals surface area contributed by atoms with E-state index in [2.05, 4.69) is 54.4 Å². The highest BCUT2D eigenvalue weighted by molar-refractivity contribution is 5.27. The fraction of sp³-hybridized carbons (Fsp3) is 0.529. The lowest BCUT2D eigenvalue weighted by molar-refractivity contribution is 0.524. The summed E-state index contributed by atoms with van der Waals surface area (Å²) < 4.78 is 2.00. The Bertz CT molecular complexity index is 601. The molecule has 0 amide bonds. The van der Waals surface area contributed by atoms with Crippen molar-refractivity contribution in [3.63, 3.8) is 0 Å². The summed E-state index contributed by atoms with van der Waals surface area (Å²) in [6, 6.07) is 6.78. The quantitative estimate of drug-likeness (QED) is 0.888. The Balaban J connectivity index is 2.28. The molecule has 4 nitrogen and oxygen atoms in total. The van der Waals surface area contributed by atoms with E-state index in [4.69, 9.17) is 0 Å². The van der Waals surface area contributed by atoms with Crippen molar-refractivity contribution in [2.24, 2.45) is 7.05 Å². The normalized spacial score (nSPS) is 12.6. The monoisotopic (exact) mass is 286 g/mol. The minimum absolute atomic E-state index is 0.281. The smallest absolute Gasteiger partial charge is 0.0624 e. The Morgan fingerprint density at radius 1 is 1.24 bits per heavy atom. The minimum atomic E-state index is 0.281. The second kappa shape index (κ2) is 6.85. The van der Waals surface area contributed by atoms with E-state index < -0.39 is 0 Å². The van der Waals surface area contributed by atoms with Crippen LogP contribution in [-0.2, 0) is 19.9 Å². The number of aromatic nitrogens is 3. The number of nitrogens with one attached hydrogen (secondary N) is 1. The van der Waals surface area contributed by atoms with Crippen LogP contribution in [0.15, 0.2) is 18.2 Å². The first kappa shape index (κ1) is 15.7. The summed E-state index contributed by atoms with van der Waals surface area (Å²) in [6.45, 7) is 9.35. The zero-order chi connectivity index (χ0) is 15.4. The maximum atomic E-state index is 4.60. The van der Waals surface area contributed by atoms with Gasteiger partial charge < -0.3 is 5.32 Å². The number of pyridine rings is 1. The Morgan fingerprint density at radius 3 is 2.57 bits per heavy atom. The maximum Gasteiger partial charge on any atom is 0.0624 e. The molecule has 0 aliphatic carbocycles. The van der Waals surface area contributed by atoms with Crippen LogP contribution in [0.25, 0.3) is 0 Å². The van der Waals surface area contributed by atoms with Crippen LogP contribution in [0, 0.1) is 13.8 Å². The maximum absolute atomic E-state index is 4.60. The minimum Gasteiger partial charge on any atom is -0.310 e. The third-order valence-corrected chi connectivity index (χ3v) is 3.89. The molecule has 2 heterocycles. The molecule has 0 saturated heterocycles. The molecule has 2 aromatic heterocycles. The molecule has 1 N–H and O–H groups in total. The number of aryl methyl sites for hydroxylation is 4. The molecule has 1 atom stereocenters. The lowest BCUT2D eigenvalue weighted by Gasteiger charge is -2.20. The first-order valence-corrected chi connectivity index (χ1v) is 7.74. The van der Waals surface area contributed by atoms with Crippen molar-refractivity contribution in [3.05, 3.63) is 46.5 Å². The van der Waals surface area contributed by atoms with E-state index in [1.54, 1.807) is 0 Å². The number of nitrogens with zero attached hydrogens (tertiary/aromatic N) is 3. The zero-order valence-electron chi connectivity index (χ0n) is 13.8. The molecule has 114 valence electrons. The average Bonchev–Trinajstić information content (AvgIpc) is 2.79. The Morgan fingerprint density at radius 2 is 2.00 bits per heavy atom. The molecule has 2 aromatic rings. The van der Waals surface area contributed by atoms with Crippen LogP contribution < -0.4 is 5.32 Å². The predicted octanol–water partition coefficient (Wildman–Crippen LogP) is 2.89. The van der Waals surface area contributed by atoms with Gasteiger partial charge in [0.15, 0.2) is 0 Å². The van der Waals surface area contributed by atoms with E-state index in [-0.39, 0.29) is 6.04 Å². The van der Waals surface area contributed by atoms with Crippen LogP contribution >= 0.6 is 0 Å². The van der Waals surface area contributed by atoms with Gasteiger partial charge in [-0.3, -0.25) is 9.67 Å². The molecule has 0 fully saturated rings. The van der Waals surface area contributed by atoms with Crippen LogP contribution in [0.3, 0.4) is 0 Å². The Labute approximate surface area is 127 Å². The van der Waals surface area contributed by atoms with Gasteiger partial charge in [-0.05, 0) is 44.5 Å². The van der Waals surface area contributed by atoms with Gasteiger partial charge in [-0.25, -0.2) is 0 Å². The second-order valence-corrected chi connectivity index (χ2v) is 5.55. The highest BCUT2D eigenvalue weighted by Gasteiger charge is 2.16.